The van der Waals surface area contributed by atoms with Crippen molar-refractivity contribution in [2.45, 2.75) is 39.2 Å². The maximum absolute atomic E-state index is 12.3. The van der Waals surface area contributed by atoms with Crippen LogP contribution >= 0.6 is 0 Å². The molecule has 0 unspecified atom stereocenters. The van der Waals surface area contributed by atoms with Gasteiger partial charge in [0, 0.05) is 31.7 Å². The SMILES string of the molecule is C[C@H]1CCCN(Cc2ccc(C(=O)N3CCCC3)cc2)C1. The molecule has 2 heterocycles. The Kier molecular flexibility index (Phi) is 4.59. The predicted molar refractivity (Wildman–Crippen MR) is 85.3 cm³/mol. The zero-order valence-corrected chi connectivity index (χ0v) is 13.1. The van der Waals surface area contributed by atoms with Crippen LogP contribution in [0.2, 0.25) is 0 Å². The van der Waals surface area contributed by atoms with Gasteiger partial charge in [0.25, 0.3) is 5.91 Å². The predicted octanol–water partition coefficient (Wildman–Crippen LogP) is 3.15. The van der Waals surface area contributed by atoms with Crippen molar-refractivity contribution in [1.29, 1.82) is 0 Å². The maximum Gasteiger partial charge on any atom is 0.253 e. The molecule has 0 saturated carbocycles. The molecule has 1 atom stereocenters. The van der Waals surface area contributed by atoms with Crippen LogP contribution in [0.1, 0.15) is 48.5 Å². The Balaban J connectivity index is 1.59. The number of benzene rings is 1. The first-order chi connectivity index (χ1) is 10.2. The molecule has 2 fully saturated rings. The molecule has 1 amide bonds. The summed E-state index contributed by atoms with van der Waals surface area (Å²) in [6.45, 7) is 7.61. The van der Waals surface area contributed by atoms with Crippen LogP contribution in [0, 0.1) is 5.92 Å². The summed E-state index contributed by atoms with van der Waals surface area (Å²) in [5.74, 6) is 1.01. The van der Waals surface area contributed by atoms with Crippen LogP contribution in [0.4, 0.5) is 0 Å². The van der Waals surface area contributed by atoms with E-state index in [2.05, 4.69) is 24.0 Å². The fraction of sp³-hybridized carbons (Fsp3) is 0.611. The molecule has 1 aromatic rings. The van der Waals surface area contributed by atoms with Gasteiger partial charge in [-0.05, 0) is 55.8 Å². The third-order valence-electron chi connectivity index (χ3n) is 4.74. The summed E-state index contributed by atoms with van der Waals surface area (Å²) in [4.78, 5) is 16.8. The number of rotatable bonds is 3. The molecule has 3 rings (SSSR count). The first-order valence-electron chi connectivity index (χ1n) is 8.33. The number of piperidine rings is 1. The molecule has 2 aliphatic rings. The molecule has 2 aliphatic heterocycles. The zero-order valence-electron chi connectivity index (χ0n) is 13.1. The Bertz CT molecular complexity index is 476. The summed E-state index contributed by atoms with van der Waals surface area (Å²) in [5, 5.41) is 0. The lowest BCUT2D eigenvalue weighted by Crippen LogP contribution is -2.33. The molecular weight excluding hydrogens is 260 g/mol. The number of amides is 1. The summed E-state index contributed by atoms with van der Waals surface area (Å²) in [6, 6.07) is 8.26. The highest BCUT2D eigenvalue weighted by Crippen LogP contribution is 2.19. The van der Waals surface area contributed by atoms with E-state index < -0.39 is 0 Å². The standard InChI is InChI=1S/C18H26N2O/c1-15-5-4-10-19(13-15)14-16-6-8-17(9-7-16)18(21)20-11-2-3-12-20/h6-9,15H,2-5,10-14H2,1H3/t15-/m0/s1. The molecule has 21 heavy (non-hydrogen) atoms. The van der Waals surface area contributed by atoms with Crippen LogP contribution < -0.4 is 0 Å². The smallest absolute Gasteiger partial charge is 0.253 e. The first kappa shape index (κ1) is 14.6. The Labute approximate surface area is 127 Å². The minimum absolute atomic E-state index is 0.200. The van der Waals surface area contributed by atoms with Crippen molar-refractivity contribution >= 4 is 5.91 Å². The van der Waals surface area contributed by atoms with Crippen molar-refractivity contribution in [2.75, 3.05) is 26.2 Å². The average Bonchev–Trinajstić information content (AvgIpc) is 3.01. The van der Waals surface area contributed by atoms with Crippen LogP contribution in [-0.2, 0) is 6.54 Å². The van der Waals surface area contributed by atoms with Crippen molar-refractivity contribution in [3.8, 4) is 0 Å². The molecule has 0 bridgehead atoms. The van der Waals surface area contributed by atoms with E-state index in [1.54, 1.807) is 0 Å². The van der Waals surface area contributed by atoms with E-state index in [0.29, 0.717) is 0 Å². The number of nitrogens with zero attached hydrogens (tertiary/aromatic N) is 2. The third-order valence-corrected chi connectivity index (χ3v) is 4.74. The average molecular weight is 286 g/mol. The van der Waals surface area contributed by atoms with Gasteiger partial charge in [0.05, 0.1) is 0 Å². The van der Waals surface area contributed by atoms with E-state index in [1.165, 1.54) is 31.5 Å². The molecule has 2 saturated heterocycles. The third kappa shape index (κ3) is 3.65. The van der Waals surface area contributed by atoms with Gasteiger partial charge in [-0.1, -0.05) is 19.1 Å². The fourth-order valence-electron chi connectivity index (χ4n) is 3.54. The summed E-state index contributed by atoms with van der Waals surface area (Å²) in [6.07, 6.45) is 4.97. The molecule has 0 N–H and O–H groups in total. The Hall–Kier alpha value is -1.35. The number of hydrogen-bond acceptors (Lipinski definition) is 2. The molecule has 0 spiro atoms. The van der Waals surface area contributed by atoms with Gasteiger partial charge < -0.3 is 4.90 Å². The van der Waals surface area contributed by atoms with E-state index in [9.17, 15) is 4.79 Å². The van der Waals surface area contributed by atoms with Gasteiger partial charge in [-0.2, -0.15) is 0 Å². The monoisotopic (exact) mass is 286 g/mol. The van der Waals surface area contributed by atoms with E-state index in [4.69, 9.17) is 0 Å². The molecule has 0 radical (unpaired) electrons. The van der Waals surface area contributed by atoms with E-state index in [0.717, 1.165) is 44.0 Å². The summed E-state index contributed by atoms with van der Waals surface area (Å²) in [7, 11) is 0. The van der Waals surface area contributed by atoms with Crippen molar-refractivity contribution in [1.82, 2.24) is 9.80 Å². The van der Waals surface area contributed by atoms with Gasteiger partial charge in [0.1, 0.15) is 0 Å². The quantitative estimate of drug-likeness (QED) is 0.852. The number of hydrogen-bond donors (Lipinski definition) is 0. The molecule has 3 heteroatoms. The van der Waals surface area contributed by atoms with Crippen LogP contribution in [0.25, 0.3) is 0 Å². The molecular formula is C18H26N2O. The van der Waals surface area contributed by atoms with Gasteiger partial charge in [0.15, 0.2) is 0 Å². The fourth-order valence-corrected chi connectivity index (χ4v) is 3.54. The second-order valence-corrected chi connectivity index (χ2v) is 6.68. The lowest BCUT2D eigenvalue weighted by Gasteiger charge is -2.30. The van der Waals surface area contributed by atoms with Crippen molar-refractivity contribution in [3.05, 3.63) is 35.4 Å². The zero-order chi connectivity index (χ0) is 14.7. The van der Waals surface area contributed by atoms with Gasteiger partial charge in [-0.15, -0.1) is 0 Å². The highest BCUT2D eigenvalue weighted by molar-refractivity contribution is 5.94. The summed E-state index contributed by atoms with van der Waals surface area (Å²) < 4.78 is 0. The summed E-state index contributed by atoms with van der Waals surface area (Å²) in [5.41, 5.74) is 2.16. The Morgan fingerprint density at radius 3 is 2.48 bits per heavy atom. The van der Waals surface area contributed by atoms with Crippen LogP contribution in [0.5, 0.6) is 0 Å². The van der Waals surface area contributed by atoms with Gasteiger partial charge >= 0.3 is 0 Å². The number of carbonyl (C=O) groups is 1. The lowest BCUT2D eigenvalue weighted by molar-refractivity contribution is 0.0793. The maximum atomic E-state index is 12.3. The van der Waals surface area contributed by atoms with Gasteiger partial charge in [-0.3, -0.25) is 9.69 Å². The normalized spacial score (nSPS) is 23.5. The van der Waals surface area contributed by atoms with Crippen molar-refractivity contribution in [2.24, 2.45) is 5.92 Å². The highest BCUT2D eigenvalue weighted by atomic mass is 16.2. The minimum Gasteiger partial charge on any atom is -0.339 e. The Morgan fingerprint density at radius 1 is 1.10 bits per heavy atom. The molecule has 114 valence electrons. The molecule has 0 aliphatic carbocycles. The summed E-state index contributed by atoms with van der Waals surface area (Å²) >= 11 is 0. The van der Waals surface area contributed by atoms with Crippen molar-refractivity contribution in [3.63, 3.8) is 0 Å². The lowest BCUT2D eigenvalue weighted by atomic mass is 9.99. The second kappa shape index (κ2) is 6.61. The van der Waals surface area contributed by atoms with E-state index in [-0.39, 0.29) is 5.91 Å². The second-order valence-electron chi connectivity index (χ2n) is 6.68. The molecule has 3 nitrogen and oxygen atoms in total. The van der Waals surface area contributed by atoms with Gasteiger partial charge in [-0.25, -0.2) is 0 Å². The van der Waals surface area contributed by atoms with Crippen molar-refractivity contribution < 1.29 is 4.79 Å². The van der Waals surface area contributed by atoms with Crippen LogP contribution in [-0.4, -0.2) is 41.9 Å². The first-order valence-corrected chi connectivity index (χ1v) is 8.33. The highest BCUT2D eigenvalue weighted by Gasteiger charge is 2.20. The van der Waals surface area contributed by atoms with E-state index >= 15 is 0 Å². The molecule has 0 aromatic heterocycles. The van der Waals surface area contributed by atoms with Gasteiger partial charge in [0.2, 0.25) is 0 Å². The minimum atomic E-state index is 0.200. The number of likely N-dealkylation sites (tertiary alicyclic amines) is 2. The Morgan fingerprint density at radius 2 is 1.81 bits per heavy atom. The van der Waals surface area contributed by atoms with Crippen LogP contribution in [0.15, 0.2) is 24.3 Å². The van der Waals surface area contributed by atoms with E-state index in [1.807, 2.05) is 17.0 Å². The number of carbonyl (C=O) groups excluding carboxylic acids is 1. The largest absolute Gasteiger partial charge is 0.339 e. The van der Waals surface area contributed by atoms with Crippen LogP contribution in [0.3, 0.4) is 0 Å². The molecule has 1 aromatic carbocycles. The topological polar surface area (TPSA) is 23.6 Å².